The third-order valence-electron chi connectivity index (χ3n) is 3.51. The van der Waals surface area contributed by atoms with Crippen LogP contribution in [0.1, 0.15) is 19.3 Å². The van der Waals surface area contributed by atoms with Gasteiger partial charge in [-0.2, -0.15) is 4.31 Å². The molecule has 6 heteroatoms. The van der Waals surface area contributed by atoms with Crippen LogP contribution in [-0.4, -0.2) is 32.4 Å². The average molecular weight is 347 g/mol. The number of benzene rings is 1. The molecule has 0 aliphatic carbocycles. The summed E-state index contributed by atoms with van der Waals surface area (Å²) in [5, 5.41) is 0. The number of nitrogens with zero attached hydrogens (tertiary/aromatic N) is 1. The van der Waals surface area contributed by atoms with Gasteiger partial charge in [0.2, 0.25) is 10.0 Å². The summed E-state index contributed by atoms with van der Waals surface area (Å²) >= 11 is 3.32. The van der Waals surface area contributed by atoms with Crippen LogP contribution in [0.15, 0.2) is 33.6 Å². The summed E-state index contributed by atoms with van der Waals surface area (Å²) in [5.74, 6) is 0.385. The van der Waals surface area contributed by atoms with Crippen LogP contribution < -0.4 is 5.73 Å². The van der Waals surface area contributed by atoms with Crippen molar-refractivity contribution in [2.24, 2.45) is 11.7 Å². The fourth-order valence-electron chi connectivity index (χ4n) is 2.51. The molecule has 1 aliphatic rings. The summed E-state index contributed by atoms with van der Waals surface area (Å²) < 4.78 is 27.5. The van der Waals surface area contributed by atoms with Gasteiger partial charge in [-0.25, -0.2) is 8.42 Å². The van der Waals surface area contributed by atoms with E-state index in [1.54, 1.807) is 22.5 Å². The standard InChI is InChI=1S/C13H19BrN2O2S/c14-12-5-1-2-6-13(12)19(17,18)16-9-3-4-11(10-16)7-8-15/h1-2,5-6,11H,3-4,7-10,15H2. The van der Waals surface area contributed by atoms with Crippen molar-refractivity contribution >= 4 is 26.0 Å². The highest BCUT2D eigenvalue weighted by atomic mass is 79.9. The molecule has 1 fully saturated rings. The van der Waals surface area contributed by atoms with Crippen LogP contribution in [0.5, 0.6) is 0 Å². The third kappa shape index (κ3) is 3.37. The molecule has 4 nitrogen and oxygen atoms in total. The third-order valence-corrected chi connectivity index (χ3v) is 6.39. The summed E-state index contributed by atoms with van der Waals surface area (Å²) in [6, 6.07) is 6.97. The summed E-state index contributed by atoms with van der Waals surface area (Å²) in [7, 11) is -3.40. The van der Waals surface area contributed by atoms with E-state index in [4.69, 9.17) is 5.73 Å². The zero-order valence-corrected chi connectivity index (χ0v) is 13.2. The molecule has 1 aromatic rings. The number of hydrogen-bond donors (Lipinski definition) is 1. The van der Waals surface area contributed by atoms with Gasteiger partial charge >= 0.3 is 0 Å². The maximum Gasteiger partial charge on any atom is 0.244 e. The first-order chi connectivity index (χ1) is 9.05. The van der Waals surface area contributed by atoms with Crippen molar-refractivity contribution in [3.8, 4) is 0 Å². The van der Waals surface area contributed by atoms with Crippen molar-refractivity contribution in [2.45, 2.75) is 24.2 Å². The van der Waals surface area contributed by atoms with Crippen molar-refractivity contribution in [3.63, 3.8) is 0 Å². The molecule has 0 saturated carbocycles. The minimum atomic E-state index is -3.40. The van der Waals surface area contributed by atoms with E-state index in [1.165, 1.54) is 0 Å². The maximum absolute atomic E-state index is 12.6. The van der Waals surface area contributed by atoms with Gasteiger partial charge in [0.1, 0.15) is 0 Å². The van der Waals surface area contributed by atoms with E-state index in [1.807, 2.05) is 6.07 Å². The lowest BCUT2D eigenvalue weighted by atomic mass is 9.96. The largest absolute Gasteiger partial charge is 0.330 e. The summed E-state index contributed by atoms with van der Waals surface area (Å²) in [5.41, 5.74) is 5.57. The second-order valence-electron chi connectivity index (χ2n) is 4.88. The maximum atomic E-state index is 12.6. The first-order valence-corrected chi connectivity index (χ1v) is 8.73. The zero-order valence-electron chi connectivity index (χ0n) is 10.8. The Morgan fingerprint density at radius 1 is 1.37 bits per heavy atom. The van der Waals surface area contributed by atoms with E-state index in [0.29, 0.717) is 34.9 Å². The van der Waals surface area contributed by atoms with Crippen LogP contribution in [0.4, 0.5) is 0 Å². The van der Waals surface area contributed by atoms with E-state index in [2.05, 4.69) is 15.9 Å². The van der Waals surface area contributed by atoms with Crippen molar-refractivity contribution in [1.82, 2.24) is 4.31 Å². The summed E-state index contributed by atoms with van der Waals surface area (Å²) in [4.78, 5) is 0.350. The van der Waals surface area contributed by atoms with Crippen molar-refractivity contribution in [2.75, 3.05) is 19.6 Å². The smallest absolute Gasteiger partial charge is 0.244 e. The van der Waals surface area contributed by atoms with E-state index >= 15 is 0 Å². The first kappa shape index (κ1) is 15.0. The van der Waals surface area contributed by atoms with Gasteiger partial charge in [0, 0.05) is 17.6 Å². The van der Waals surface area contributed by atoms with Gasteiger partial charge in [-0.15, -0.1) is 0 Å². The monoisotopic (exact) mass is 346 g/mol. The molecule has 1 saturated heterocycles. The number of piperidine rings is 1. The Hall–Kier alpha value is -0.430. The fourth-order valence-corrected chi connectivity index (χ4v) is 5.03. The summed E-state index contributed by atoms with van der Waals surface area (Å²) in [6.07, 6.45) is 2.87. The zero-order chi connectivity index (χ0) is 13.9. The number of nitrogens with two attached hydrogens (primary N) is 1. The van der Waals surface area contributed by atoms with Crippen LogP contribution in [0.2, 0.25) is 0 Å². The van der Waals surface area contributed by atoms with Crippen molar-refractivity contribution in [1.29, 1.82) is 0 Å². The van der Waals surface area contributed by atoms with Gasteiger partial charge in [-0.05, 0) is 59.8 Å². The Morgan fingerprint density at radius 3 is 2.79 bits per heavy atom. The van der Waals surface area contributed by atoms with Gasteiger partial charge in [-0.1, -0.05) is 12.1 Å². The molecule has 1 aromatic carbocycles. The van der Waals surface area contributed by atoms with Crippen LogP contribution >= 0.6 is 15.9 Å². The Morgan fingerprint density at radius 2 is 2.11 bits per heavy atom. The predicted molar refractivity (Wildman–Crippen MR) is 79.3 cm³/mol. The van der Waals surface area contributed by atoms with E-state index < -0.39 is 10.0 Å². The average Bonchev–Trinajstić information content (AvgIpc) is 2.40. The van der Waals surface area contributed by atoms with Gasteiger partial charge in [0.15, 0.2) is 0 Å². The molecule has 2 rings (SSSR count). The summed E-state index contributed by atoms with van der Waals surface area (Å²) in [6.45, 7) is 1.80. The van der Waals surface area contributed by atoms with Crippen molar-refractivity contribution < 1.29 is 8.42 Å². The Balaban J connectivity index is 2.22. The normalized spacial score (nSPS) is 21.5. The molecular formula is C13H19BrN2O2S. The van der Waals surface area contributed by atoms with Gasteiger partial charge in [0.05, 0.1) is 4.90 Å². The minimum Gasteiger partial charge on any atom is -0.330 e. The predicted octanol–water partition coefficient (Wildman–Crippen LogP) is 2.20. The van der Waals surface area contributed by atoms with Crippen LogP contribution in [0, 0.1) is 5.92 Å². The van der Waals surface area contributed by atoms with Gasteiger partial charge < -0.3 is 5.73 Å². The molecule has 1 atom stereocenters. The lowest BCUT2D eigenvalue weighted by Gasteiger charge is -2.32. The second kappa shape index (κ2) is 6.35. The molecule has 106 valence electrons. The quantitative estimate of drug-likeness (QED) is 0.908. The number of rotatable bonds is 4. The number of halogens is 1. The Bertz CT molecular complexity index is 531. The van der Waals surface area contributed by atoms with Crippen LogP contribution in [0.3, 0.4) is 0 Å². The lowest BCUT2D eigenvalue weighted by molar-refractivity contribution is 0.258. The van der Waals surface area contributed by atoms with Crippen molar-refractivity contribution in [3.05, 3.63) is 28.7 Å². The molecule has 0 amide bonds. The fraction of sp³-hybridized carbons (Fsp3) is 0.538. The molecule has 19 heavy (non-hydrogen) atoms. The second-order valence-corrected chi connectivity index (χ2v) is 7.64. The van der Waals surface area contributed by atoms with E-state index in [0.717, 1.165) is 19.3 Å². The SMILES string of the molecule is NCCC1CCCN(S(=O)(=O)c2ccccc2Br)C1. The first-order valence-electron chi connectivity index (χ1n) is 6.50. The molecule has 0 spiro atoms. The molecule has 0 bridgehead atoms. The Labute approximate surface area is 123 Å². The molecule has 0 radical (unpaired) electrons. The molecule has 1 unspecified atom stereocenters. The van der Waals surface area contributed by atoms with E-state index in [9.17, 15) is 8.42 Å². The topological polar surface area (TPSA) is 63.4 Å². The highest BCUT2D eigenvalue weighted by Crippen LogP contribution is 2.28. The van der Waals surface area contributed by atoms with Gasteiger partial charge in [-0.3, -0.25) is 0 Å². The molecule has 1 heterocycles. The molecular weight excluding hydrogens is 328 g/mol. The van der Waals surface area contributed by atoms with E-state index in [-0.39, 0.29) is 0 Å². The lowest BCUT2D eigenvalue weighted by Crippen LogP contribution is -2.40. The highest BCUT2D eigenvalue weighted by Gasteiger charge is 2.30. The molecule has 1 aliphatic heterocycles. The number of sulfonamides is 1. The highest BCUT2D eigenvalue weighted by molar-refractivity contribution is 9.10. The van der Waals surface area contributed by atoms with Crippen LogP contribution in [-0.2, 0) is 10.0 Å². The Kier molecular flexibility index (Phi) is 5.00. The molecule has 0 aromatic heterocycles. The van der Waals surface area contributed by atoms with Crippen LogP contribution in [0.25, 0.3) is 0 Å². The number of hydrogen-bond acceptors (Lipinski definition) is 3. The van der Waals surface area contributed by atoms with Gasteiger partial charge in [0.25, 0.3) is 0 Å². The molecule has 2 N–H and O–H groups in total. The minimum absolute atomic E-state index is 0.350.